The molecule has 6 heteroatoms. The quantitative estimate of drug-likeness (QED) is 0.243. The molecular weight excluding hydrogens is 433 g/mol. The second-order valence-electron chi connectivity index (χ2n) is 9.72. The molecule has 0 spiro atoms. The normalized spacial score (nSPS) is 27.5. The number of fused-ring (bicyclic) bond motifs is 5. The minimum Gasteiger partial charge on any atom is -0.425 e. The van der Waals surface area contributed by atoms with Crippen LogP contribution in [0.25, 0.3) is 10.8 Å². The van der Waals surface area contributed by atoms with E-state index in [1.54, 1.807) is 17.9 Å². The van der Waals surface area contributed by atoms with Gasteiger partial charge in [0.25, 0.3) is 0 Å². The molecule has 6 rings (SSSR count). The fourth-order valence-corrected chi connectivity index (χ4v) is 6.29. The second-order valence-corrected chi connectivity index (χ2v) is 9.72. The summed E-state index contributed by atoms with van der Waals surface area (Å²) in [6.07, 6.45) is 2.76. The topological polar surface area (TPSA) is 63.7 Å². The average Bonchev–Trinajstić information content (AvgIpc) is 3.46. The van der Waals surface area contributed by atoms with Crippen molar-refractivity contribution in [1.29, 1.82) is 0 Å². The first kappa shape index (κ1) is 21.0. The minimum absolute atomic E-state index is 0.277. The van der Waals surface area contributed by atoms with Crippen LogP contribution in [-0.4, -0.2) is 35.6 Å². The van der Waals surface area contributed by atoms with Crippen molar-refractivity contribution in [2.75, 3.05) is 13.1 Å². The molecule has 1 saturated carbocycles. The molecule has 0 N–H and O–H groups in total. The highest BCUT2D eigenvalue weighted by molar-refractivity contribution is 6.22. The number of Topliss-reactive ketones (excluding diaryl/α,β-unsaturated/α-hetero) is 1. The Morgan fingerprint density at radius 1 is 0.971 bits per heavy atom. The van der Waals surface area contributed by atoms with Crippen LogP contribution in [0, 0.1) is 16.6 Å². The number of hydrogen-bond donors (Lipinski definition) is 0. The van der Waals surface area contributed by atoms with E-state index in [-0.39, 0.29) is 17.3 Å². The Kier molecular flexibility index (Phi) is 4.47. The highest BCUT2D eigenvalue weighted by atomic mass is 19.1. The Bertz CT molecular complexity index is 1360. The number of ketones is 1. The standard InChI is InChI=1S/C28H24FNO4/c1-27(24(31)18-9-12-19(29)13-10-18)23-22-20-8-4-3-7-17(20)11-14-21(22)34-26(33)28(23,27)25(32)30-15-5-2-6-16-30/h3-4,7-14,23H,2,5-6,15-16H2,1H3/t23-,27+,28-/m0/s1. The molecule has 3 aromatic carbocycles. The van der Waals surface area contributed by atoms with Gasteiger partial charge in [0.2, 0.25) is 5.91 Å². The fourth-order valence-electron chi connectivity index (χ4n) is 6.29. The van der Waals surface area contributed by atoms with Crippen molar-refractivity contribution in [1.82, 2.24) is 4.90 Å². The molecule has 2 heterocycles. The highest BCUT2D eigenvalue weighted by Gasteiger charge is 2.88. The summed E-state index contributed by atoms with van der Waals surface area (Å²) in [6, 6.07) is 16.6. The van der Waals surface area contributed by atoms with Crippen LogP contribution in [0.15, 0.2) is 60.7 Å². The highest BCUT2D eigenvalue weighted by Crippen LogP contribution is 2.79. The first-order valence-corrected chi connectivity index (χ1v) is 11.7. The van der Waals surface area contributed by atoms with Crippen molar-refractivity contribution in [3.63, 3.8) is 0 Å². The number of likely N-dealkylation sites (tertiary alicyclic amines) is 1. The van der Waals surface area contributed by atoms with E-state index in [0.717, 1.165) is 35.6 Å². The maximum Gasteiger partial charge on any atom is 0.328 e. The zero-order valence-corrected chi connectivity index (χ0v) is 18.8. The van der Waals surface area contributed by atoms with Crippen LogP contribution in [0.2, 0.25) is 0 Å². The van der Waals surface area contributed by atoms with Gasteiger partial charge in [0, 0.05) is 30.1 Å². The van der Waals surface area contributed by atoms with Crippen molar-refractivity contribution in [3.05, 3.63) is 77.6 Å². The van der Waals surface area contributed by atoms with E-state index < -0.39 is 28.5 Å². The molecular formula is C28H24FNO4. The number of benzene rings is 3. The summed E-state index contributed by atoms with van der Waals surface area (Å²) in [7, 11) is 0. The van der Waals surface area contributed by atoms with Gasteiger partial charge in [-0.25, -0.2) is 4.39 Å². The molecule has 1 aliphatic carbocycles. The number of piperidine rings is 1. The van der Waals surface area contributed by atoms with Crippen LogP contribution in [0.3, 0.4) is 0 Å². The van der Waals surface area contributed by atoms with Gasteiger partial charge in [-0.1, -0.05) is 30.3 Å². The van der Waals surface area contributed by atoms with Crippen molar-refractivity contribution < 1.29 is 23.5 Å². The van der Waals surface area contributed by atoms with Gasteiger partial charge in [0.05, 0.1) is 5.41 Å². The van der Waals surface area contributed by atoms with Gasteiger partial charge < -0.3 is 9.64 Å². The number of rotatable bonds is 3. The van der Waals surface area contributed by atoms with E-state index in [0.29, 0.717) is 18.8 Å². The number of ether oxygens (including phenoxy) is 1. The van der Waals surface area contributed by atoms with Crippen molar-refractivity contribution >= 4 is 28.4 Å². The van der Waals surface area contributed by atoms with Gasteiger partial charge in [-0.2, -0.15) is 0 Å². The smallest absolute Gasteiger partial charge is 0.328 e. The Hall–Kier alpha value is -3.54. The predicted molar refractivity (Wildman–Crippen MR) is 124 cm³/mol. The predicted octanol–water partition coefficient (Wildman–Crippen LogP) is 4.88. The lowest BCUT2D eigenvalue weighted by Crippen LogP contribution is -2.49. The SMILES string of the molecule is C[C@]1(C(=O)c2ccc(F)cc2)[C@@H]2c3c(ccc4ccccc34)OC(=O)[C@@]21C(=O)N1CCCCC1. The molecule has 0 bridgehead atoms. The molecule has 0 unspecified atom stereocenters. The van der Waals surface area contributed by atoms with Gasteiger partial charge in [0.15, 0.2) is 11.2 Å². The zero-order chi connectivity index (χ0) is 23.7. The van der Waals surface area contributed by atoms with E-state index in [2.05, 4.69) is 0 Å². The lowest BCUT2D eigenvalue weighted by atomic mass is 9.85. The number of amides is 1. The van der Waals surface area contributed by atoms with Crippen molar-refractivity contribution in [2.24, 2.45) is 10.8 Å². The van der Waals surface area contributed by atoms with Crippen LogP contribution >= 0.6 is 0 Å². The molecule has 3 atom stereocenters. The number of nitrogens with zero attached hydrogens (tertiary/aromatic N) is 1. The Balaban J connectivity index is 1.57. The number of carbonyl (C=O) groups excluding carboxylic acids is 3. The Labute approximate surface area is 196 Å². The van der Waals surface area contributed by atoms with E-state index in [4.69, 9.17) is 4.74 Å². The third kappa shape index (κ3) is 2.57. The Morgan fingerprint density at radius 2 is 1.68 bits per heavy atom. The van der Waals surface area contributed by atoms with Crippen molar-refractivity contribution in [2.45, 2.75) is 32.1 Å². The summed E-state index contributed by atoms with van der Waals surface area (Å²) in [5.74, 6) is -2.07. The van der Waals surface area contributed by atoms with E-state index in [1.807, 2.05) is 30.3 Å². The molecule has 0 radical (unpaired) electrons. The Morgan fingerprint density at radius 3 is 2.41 bits per heavy atom. The monoisotopic (exact) mass is 457 g/mol. The summed E-state index contributed by atoms with van der Waals surface area (Å²) >= 11 is 0. The third-order valence-corrected chi connectivity index (χ3v) is 8.05. The van der Waals surface area contributed by atoms with Gasteiger partial charge in [0.1, 0.15) is 11.6 Å². The summed E-state index contributed by atoms with van der Waals surface area (Å²) < 4.78 is 19.4. The first-order valence-electron chi connectivity index (χ1n) is 11.7. The lowest BCUT2D eigenvalue weighted by molar-refractivity contribution is -0.154. The second kappa shape index (κ2) is 7.23. The molecule has 1 saturated heterocycles. The van der Waals surface area contributed by atoms with E-state index in [9.17, 15) is 18.8 Å². The summed E-state index contributed by atoms with van der Waals surface area (Å²) in [4.78, 5) is 43.5. The van der Waals surface area contributed by atoms with Gasteiger partial charge in [-0.15, -0.1) is 0 Å². The number of esters is 1. The molecule has 3 aromatic rings. The van der Waals surface area contributed by atoms with Crippen LogP contribution in [0.4, 0.5) is 4.39 Å². The maximum atomic E-state index is 14.1. The number of halogens is 1. The van der Waals surface area contributed by atoms with Gasteiger partial charge in [-0.3, -0.25) is 14.4 Å². The van der Waals surface area contributed by atoms with Gasteiger partial charge >= 0.3 is 5.97 Å². The van der Waals surface area contributed by atoms with Gasteiger partial charge in [-0.05, 0) is 67.3 Å². The average molecular weight is 458 g/mol. The van der Waals surface area contributed by atoms with E-state index in [1.165, 1.54) is 24.3 Å². The molecule has 34 heavy (non-hydrogen) atoms. The summed E-state index contributed by atoms with van der Waals surface area (Å²) in [5.41, 5.74) is -1.97. The summed E-state index contributed by atoms with van der Waals surface area (Å²) in [5, 5.41) is 1.81. The van der Waals surface area contributed by atoms with Crippen LogP contribution in [-0.2, 0) is 9.59 Å². The lowest BCUT2D eigenvalue weighted by Gasteiger charge is -2.32. The largest absolute Gasteiger partial charge is 0.425 e. The van der Waals surface area contributed by atoms with Crippen LogP contribution < -0.4 is 4.74 Å². The minimum atomic E-state index is -1.63. The van der Waals surface area contributed by atoms with Crippen molar-refractivity contribution in [3.8, 4) is 5.75 Å². The number of hydrogen-bond acceptors (Lipinski definition) is 4. The first-order chi connectivity index (χ1) is 16.4. The molecule has 1 amide bonds. The molecule has 2 fully saturated rings. The molecule has 172 valence electrons. The molecule has 2 aliphatic heterocycles. The fraction of sp³-hybridized carbons (Fsp3) is 0.321. The molecule has 3 aliphatic rings. The third-order valence-electron chi connectivity index (χ3n) is 8.05. The van der Waals surface area contributed by atoms with Crippen LogP contribution in [0.1, 0.15) is 48.0 Å². The molecule has 5 nitrogen and oxygen atoms in total. The zero-order valence-electron chi connectivity index (χ0n) is 18.8. The van der Waals surface area contributed by atoms with E-state index >= 15 is 0 Å². The maximum absolute atomic E-state index is 14.1. The molecule has 0 aromatic heterocycles. The van der Waals surface area contributed by atoms with Crippen LogP contribution in [0.5, 0.6) is 5.75 Å². The number of carbonyl (C=O) groups is 3. The summed E-state index contributed by atoms with van der Waals surface area (Å²) in [6.45, 7) is 2.82.